The second kappa shape index (κ2) is 12.9. The van der Waals surface area contributed by atoms with Gasteiger partial charge < -0.3 is 18.3 Å². The smallest absolute Gasteiger partial charge is 0.192 e. The molecule has 3 saturated carbocycles. The number of epoxide rings is 1. The Hall–Kier alpha value is -0.246. The van der Waals surface area contributed by atoms with E-state index in [-0.39, 0.29) is 27.9 Å². The zero-order chi connectivity index (χ0) is 33.9. The van der Waals surface area contributed by atoms with E-state index in [1.54, 1.807) is 5.57 Å². The van der Waals surface area contributed by atoms with Crippen molar-refractivity contribution in [2.45, 2.75) is 188 Å². The second-order valence-electron chi connectivity index (χ2n) is 19.9. The Morgan fingerprint density at radius 1 is 0.867 bits per heavy atom. The minimum absolute atomic E-state index is 0.0603. The molecule has 4 unspecified atom stereocenters. The van der Waals surface area contributed by atoms with Gasteiger partial charge in [-0.1, -0.05) is 92.5 Å². The quantitative estimate of drug-likeness (QED) is 0.182. The third-order valence-corrected chi connectivity index (χ3v) is 22.3. The Morgan fingerprint density at radius 3 is 1.87 bits per heavy atom. The van der Waals surface area contributed by atoms with Crippen LogP contribution in [0, 0.1) is 22.7 Å². The number of allylic oxidation sites excluding steroid dienone is 3. The number of rotatable bonds is 9. The SMILES string of the molecule is C[C@@H](OCCC(C)(C)C)C1CCC2/C(=C/C=C3C[C@H](O[Si](C)(C)C(C)(C)C)C4(CO4)[C@H](O[Si](C)(C)C(C)(C)C)C3)CCCC21C. The van der Waals surface area contributed by atoms with Gasteiger partial charge in [-0.15, -0.1) is 0 Å². The molecule has 6 heteroatoms. The van der Waals surface area contributed by atoms with Crippen LogP contribution in [0.5, 0.6) is 0 Å². The number of fused-ring (bicyclic) bond motifs is 1. The van der Waals surface area contributed by atoms with Gasteiger partial charge >= 0.3 is 0 Å². The lowest BCUT2D eigenvalue weighted by Gasteiger charge is -2.48. The third-order valence-electron chi connectivity index (χ3n) is 13.3. The van der Waals surface area contributed by atoms with Gasteiger partial charge in [-0.2, -0.15) is 0 Å². The third kappa shape index (κ3) is 8.15. The molecule has 45 heavy (non-hydrogen) atoms. The fraction of sp³-hybridized carbons (Fsp3) is 0.897. The summed E-state index contributed by atoms with van der Waals surface area (Å²) in [4.78, 5) is 0. The van der Waals surface area contributed by atoms with Gasteiger partial charge in [-0.3, -0.25) is 0 Å². The lowest BCUT2D eigenvalue weighted by atomic mass is 9.62. The van der Waals surface area contributed by atoms with Gasteiger partial charge in [0, 0.05) is 6.61 Å². The predicted molar refractivity (Wildman–Crippen MR) is 196 cm³/mol. The van der Waals surface area contributed by atoms with Crippen LogP contribution in [0.2, 0.25) is 36.3 Å². The maximum atomic E-state index is 7.23. The molecule has 1 spiro atoms. The predicted octanol–water partition coefficient (Wildman–Crippen LogP) is 11.2. The zero-order valence-corrected chi connectivity index (χ0v) is 34.2. The van der Waals surface area contributed by atoms with Crippen molar-refractivity contribution in [1.82, 2.24) is 0 Å². The summed E-state index contributed by atoms with van der Waals surface area (Å²) in [6, 6.07) is 0. The van der Waals surface area contributed by atoms with E-state index in [0.717, 1.165) is 32.5 Å². The van der Waals surface area contributed by atoms with Gasteiger partial charge in [0.1, 0.15) is 5.60 Å². The molecule has 7 atom stereocenters. The van der Waals surface area contributed by atoms with Crippen molar-refractivity contribution >= 4 is 16.6 Å². The molecule has 0 N–H and O–H groups in total. The monoisotopic (exact) mass is 660 g/mol. The molecule has 4 fully saturated rings. The maximum absolute atomic E-state index is 7.23. The molecule has 1 aliphatic heterocycles. The fourth-order valence-corrected chi connectivity index (χ4v) is 10.7. The normalized spacial score (nSPS) is 35.7. The van der Waals surface area contributed by atoms with Crippen LogP contribution >= 0.6 is 0 Å². The Labute approximate surface area is 281 Å². The van der Waals surface area contributed by atoms with E-state index < -0.39 is 16.6 Å². The molecule has 260 valence electrons. The molecule has 3 aliphatic carbocycles. The Morgan fingerprint density at radius 2 is 1.40 bits per heavy atom. The van der Waals surface area contributed by atoms with Crippen molar-refractivity contribution in [3.8, 4) is 0 Å². The van der Waals surface area contributed by atoms with Crippen LogP contribution in [0.15, 0.2) is 23.3 Å². The average molecular weight is 661 g/mol. The molecule has 4 rings (SSSR count). The van der Waals surface area contributed by atoms with Crippen LogP contribution < -0.4 is 0 Å². The van der Waals surface area contributed by atoms with Crippen LogP contribution in [0.4, 0.5) is 0 Å². The van der Waals surface area contributed by atoms with E-state index in [1.165, 1.54) is 37.7 Å². The molecule has 0 bridgehead atoms. The summed E-state index contributed by atoms with van der Waals surface area (Å²) in [7, 11) is -3.99. The van der Waals surface area contributed by atoms with Crippen LogP contribution in [0.1, 0.15) is 128 Å². The first-order chi connectivity index (χ1) is 20.4. The standard InChI is InChI=1S/C39H72O4Si2/c1-28(40-24-23-35(2,3)4)31-20-21-32-30(17-16-22-38(31,32)11)19-18-29-25-33(42-44(12,13)36(5,6)7)39(27-41-39)34(26-29)43-45(14,15)37(8,9)10/h18-19,28,31-34H,16-17,20-27H2,1-15H3/b29-18?,30-19+/t28-,31?,32?,33-,34+,38?,39?/m1/s1. The van der Waals surface area contributed by atoms with Crippen LogP contribution in [0.25, 0.3) is 0 Å². The molecule has 0 aromatic rings. The van der Waals surface area contributed by atoms with Crippen molar-refractivity contribution in [1.29, 1.82) is 0 Å². The molecule has 0 amide bonds. The minimum Gasteiger partial charge on any atom is -0.410 e. The molecule has 0 radical (unpaired) electrons. The maximum Gasteiger partial charge on any atom is 0.192 e. The average Bonchev–Trinajstić information content (AvgIpc) is 3.58. The lowest BCUT2D eigenvalue weighted by molar-refractivity contribution is -0.0318. The topological polar surface area (TPSA) is 40.2 Å². The molecular formula is C39H72O4Si2. The van der Waals surface area contributed by atoms with Gasteiger partial charge in [0.25, 0.3) is 0 Å². The highest BCUT2D eigenvalue weighted by Gasteiger charge is 2.63. The van der Waals surface area contributed by atoms with Crippen LogP contribution in [-0.4, -0.2) is 53.8 Å². The van der Waals surface area contributed by atoms with E-state index in [2.05, 4.69) is 115 Å². The highest BCUT2D eigenvalue weighted by Crippen LogP contribution is 2.59. The number of ether oxygens (including phenoxy) is 2. The van der Waals surface area contributed by atoms with Gasteiger partial charge in [0.2, 0.25) is 0 Å². The van der Waals surface area contributed by atoms with Gasteiger partial charge in [-0.05, 0) is 117 Å². The van der Waals surface area contributed by atoms with Crippen LogP contribution in [0.3, 0.4) is 0 Å². The Bertz CT molecular complexity index is 1060. The fourth-order valence-electron chi connectivity index (χ4n) is 7.99. The second-order valence-corrected chi connectivity index (χ2v) is 29.4. The molecule has 1 saturated heterocycles. The highest BCUT2D eigenvalue weighted by atomic mass is 28.4. The minimum atomic E-state index is -2.00. The van der Waals surface area contributed by atoms with Crippen molar-refractivity contribution in [3.63, 3.8) is 0 Å². The first-order valence-electron chi connectivity index (χ1n) is 18.4. The Balaban J connectivity index is 1.58. The lowest BCUT2D eigenvalue weighted by Crippen LogP contribution is -2.57. The van der Waals surface area contributed by atoms with E-state index in [4.69, 9.17) is 18.3 Å². The number of hydrogen-bond acceptors (Lipinski definition) is 4. The van der Waals surface area contributed by atoms with E-state index in [1.807, 2.05) is 0 Å². The van der Waals surface area contributed by atoms with E-state index in [9.17, 15) is 0 Å². The first-order valence-corrected chi connectivity index (χ1v) is 24.2. The van der Waals surface area contributed by atoms with Gasteiger partial charge in [-0.25, -0.2) is 0 Å². The molecule has 0 aromatic heterocycles. The van der Waals surface area contributed by atoms with Gasteiger partial charge in [0.05, 0.1) is 24.9 Å². The summed E-state index contributed by atoms with van der Waals surface area (Å²) >= 11 is 0. The first kappa shape index (κ1) is 37.6. The Kier molecular flexibility index (Phi) is 10.8. The summed E-state index contributed by atoms with van der Waals surface area (Å²) in [6.45, 7) is 37.1. The van der Waals surface area contributed by atoms with E-state index in [0.29, 0.717) is 28.8 Å². The van der Waals surface area contributed by atoms with Crippen molar-refractivity contribution in [3.05, 3.63) is 23.3 Å². The summed E-state index contributed by atoms with van der Waals surface area (Å²) in [5.74, 6) is 1.31. The molecule has 4 nitrogen and oxygen atoms in total. The van der Waals surface area contributed by atoms with Crippen LogP contribution in [-0.2, 0) is 18.3 Å². The van der Waals surface area contributed by atoms with E-state index >= 15 is 0 Å². The molecule has 1 heterocycles. The van der Waals surface area contributed by atoms with Crippen molar-refractivity contribution in [2.75, 3.05) is 13.2 Å². The summed E-state index contributed by atoms with van der Waals surface area (Å²) in [5.41, 5.74) is 3.53. The molecule has 0 aromatic carbocycles. The largest absolute Gasteiger partial charge is 0.410 e. The molecular weight excluding hydrogens is 589 g/mol. The zero-order valence-electron chi connectivity index (χ0n) is 32.2. The van der Waals surface area contributed by atoms with Crippen molar-refractivity contribution in [2.24, 2.45) is 22.7 Å². The molecule has 4 aliphatic rings. The highest BCUT2D eigenvalue weighted by molar-refractivity contribution is 6.74. The number of hydrogen-bond donors (Lipinski definition) is 0. The summed E-state index contributed by atoms with van der Waals surface area (Å²) in [6.07, 6.45) is 15.0. The summed E-state index contributed by atoms with van der Waals surface area (Å²) < 4.78 is 27.4. The van der Waals surface area contributed by atoms with Crippen molar-refractivity contribution < 1.29 is 18.3 Å². The summed E-state index contributed by atoms with van der Waals surface area (Å²) in [5, 5.41) is 0.308. The van der Waals surface area contributed by atoms with Gasteiger partial charge in [0.15, 0.2) is 16.6 Å².